The van der Waals surface area contributed by atoms with Gasteiger partial charge in [0.1, 0.15) is 11.2 Å². The third-order valence-electron chi connectivity index (χ3n) is 12.3. The molecule has 0 unspecified atom stereocenters. The van der Waals surface area contributed by atoms with Crippen molar-refractivity contribution < 1.29 is 4.42 Å². The Morgan fingerprint density at radius 2 is 0.707 bits per heavy atom. The molecule has 12 rings (SSSR count). The van der Waals surface area contributed by atoms with Crippen LogP contribution in [0.5, 0.6) is 0 Å². The van der Waals surface area contributed by atoms with Gasteiger partial charge in [0.05, 0.1) is 27.5 Å². The minimum Gasteiger partial charge on any atom is -0.456 e. The molecule has 0 aliphatic heterocycles. The minimum atomic E-state index is -2.83. The van der Waals surface area contributed by atoms with Crippen LogP contribution in [0.4, 0.5) is 0 Å². The van der Waals surface area contributed by atoms with E-state index < -0.39 is 8.07 Å². The molecule has 0 saturated heterocycles. The molecule has 0 fully saturated rings. The number of hydrogen-bond acceptors (Lipinski definition) is 1. The second-order valence-electron chi connectivity index (χ2n) is 15.2. The van der Waals surface area contributed by atoms with Gasteiger partial charge in [-0.05, 0) is 81.4 Å². The number of para-hydroxylation sites is 4. The summed E-state index contributed by atoms with van der Waals surface area (Å²) in [7, 11) is -2.83. The first-order valence-electron chi connectivity index (χ1n) is 19.9. The van der Waals surface area contributed by atoms with Crippen LogP contribution in [0.25, 0.3) is 76.9 Å². The number of aromatic nitrogens is 2. The van der Waals surface area contributed by atoms with Crippen molar-refractivity contribution in [3.8, 4) is 11.4 Å². The largest absolute Gasteiger partial charge is 0.456 e. The molecule has 0 N–H and O–H groups in total. The number of hydrogen-bond donors (Lipinski definition) is 0. The highest BCUT2D eigenvalue weighted by molar-refractivity contribution is 7.19. The Morgan fingerprint density at radius 3 is 1.26 bits per heavy atom. The third kappa shape index (κ3) is 4.67. The normalized spacial score (nSPS) is 12.1. The van der Waals surface area contributed by atoms with Gasteiger partial charge < -0.3 is 13.6 Å². The Labute approximate surface area is 336 Å². The topological polar surface area (TPSA) is 23.0 Å². The van der Waals surface area contributed by atoms with Crippen molar-refractivity contribution in [2.24, 2.45) is 0 Å². The zero-order chi connectivity index (χ0) is 38.2. The average Bonchev–Trinajstić information content (AvgIpc) is 3.96. The van der Waals surface area contributed by atoms with Gasteiger partial charge in [0, 0.05) is 38.3 Å². The van der Waals surface area contributed by atoms with E-state index in [1.54, 1.807) is 0 Å². The van der Waals surface area contributed by atoms with Gasteiger partial charge >= 0.3 is 0 Å². The molecule has 0 saturated carbocycles. The van der Waals surface area contributed by atoms with Crippen LogP contribution in [0, 0.1) is 0 Å². The lowest BCUT2D eigenvalue weighted by molar-refractivity contribution is 0.669. The number of fused-ring (bicyclic) bond motifs is 10. The summed E-state index contributed by atoms with van der Waals surface area (Å²) in [5.74, 6) is 0. The molecular formula is C54H36N2OSi. The van der Waals surface area contributed by atoms with Gasteiger partial charge in [-0.25, -0.2) is 0 Å². The predicted octanol–water partition coefficient (Wildman–Crippen LogP) is 11.2. The zero-order valence-corrected chi connectivity index (χ0v) is 32.6. The molecular weight excluding hydrogens is 721 g/mol. The Hall–Kier alpha value is -7.40. The SMILES string of the molecule is c1ccc([Si](c2ccccc2)(c2ccc(-n3c4ccccc4c4ccccc43)cc2)c2ccc(-n3c4ccccc4c4ccc5oc6ccccc6c5c43)cc2)cc1. The van der Waals surface area contributed by atoms with Gasteiger partial charge in [-0.1, -0.05) is 158 Å². The van der Waals surface area contributed by atoms with E-state index in [1.807, 2.05) is 6.07 Å². The molecule has 0 radical (unpaired) electrons. The first-order chi connectivity index (χ1) is 28.8. The molecule has 3 nitrogen and oxygen atoms in total. The van der Waals surface area contributed by atoms with Gasteiger partial charge in [-0.2, -0.15) is 0 Å². The van der Waals surface area contributed by atoms with Crippen LogP contribution >= 0.6 is 0 Å². The van der Waals surface area contributed by atoms with E-state index in [2.05, 4.69) is 221 Å². The molecule has 0 aliphatic carbocycles. The van der Waals surface area contributed by atoms with Crippen molar-refractivity contribution in [2.75, 3.05) is 0 Å². The molecule has 4 heteroatoms. The van der Waals surface area contributed by atoms with Crippen LogP contribution in [-0.2, 0) is 0 Å². The standard InChI is InChI=1S/C54H36N2OSi/c1-3-15-39(16-4-1)58(40-17-5-2-6-18-40,41-31-27-37(28-32-41)55-48-23-11-7-19-43(48)44-20-8-12-24-49(44)55)42-33-29-38(30-34-42)56-50-25-13-9-21-45(50)46-35-36-52-53(54(46)56)47-22-10-14-26-51(47)57-52/h1-36H. The number of furan rings is 1. The molecule has 9 aromatic carbocycles. The minimum absolute atomic E-state index is 0.901. The van der Waals surface area contributed by atoms with E-state index in [0.29, 0.717) is 0 Å². The van der Waals surface area contributed by atoms with Crippen LogP contribution in [-0.4, -0.2) is 17.2 Å². The number of benzene rings is 9. The highest BCUT2D eigenvalue weighted by Gasteiger charge is 2.41. The quantitative estimate of drug-likeness (QED) is 0.122. The molecule has 12 aromatic rings. The first-order valence-corrected chi connectivity index (χ1v) is 21.9. The number of rotatable bonds is 6. The van der Waals surface area contributed by atoms with Crippen LogP contribution < -0.4 is 20.7 Å². The predicted molar refractivity (Wildman–Crippen MR) is 246 cm³/mol. The van der Waals surface area contributed by atoms with Gasteiger partial charge in [0.25, 0.3) is 0 Å². The summed E-state index contributed by atoms with van der Waals surface area (Å²) in [6, 6.07) is 80.3. The van der Waals surface area contributed by atoms with Crippen molar-refractivity contribution in [1.82, 2.24) is 9.13 Å². The lowest BCUT2D eigenvalue weighted by Crippen LogP contribution is -2.74. The average molecular weight is 757 g/mol. The van der Waals surface area contributed by atoms with Gasteiger partial charge in [0.15, 0.2) is 8.07 Å². The monoisotopic (exact) mass is 756 g/mol. The molecule has 0 aliphatic rings. The summed E-state index contributed by atoms with van der Waals surface area (Å²) >= 11 is 0. The maximum atomic E-state index is 6.42. The first kappa shape index (κ1) is 32.8. The third-order valence-corrected chi connectivity index (χ3v) is 17.1. The molecule has 0 spiro atoms. The van der Waals surface area contributed by atoms with Crippen LogP contribution in [0.3, 0.4) is 0 Å². The summed E-state index contributed by atoms with van der Waals surface area (Å²) in [5.41, 5.74) is 8.87. The lowest BCUT2D eigenvalue weighted by Gasteiger charge is -2.34. The maximum Gasteiger partial charge on any atom is 0.179 e. The fourth-order valence-corrected chi connectivity index (χ4v) is 14.5. The van der Waals surface area contributed by atoms with Gasteiger partial charge in [0.2, 0.25) is 0 Å². The molecule has 3 aromatic heterocycles. The molecule has 272 valence electrons. The number of nitrogens with zero attached hydrogens (tertiary/aromatic N) is 2. The zero-order valence-electron chi connectivity index (χ0n) is 31.6. The summed E-state index contributed by atoms with van der Waals surface area (Å²) in [6.45, 7) is 0. The van der Waals surface area contributed by atoms with Crippen molar-refractivity contribution >= 4 is 94.4 Å². The van der Waals surface area contributed by atoms with Gasteiger partial charge in [-0.3, -0.25) is 0 Å². The molecule has 0 atom stereocenters. The van der Waals surface area contributed by atoms with E-state index in [4.69, 9.17) is 4.42 Å². The summed E-state index contributed by atoms with van der Waals surface area (Å²) in [5, 5.41) is 12.6. The fourth-order valence-electron chi connectivity index (χ4n) is 9.83. The molecule has 0 amide bonds. The van der Waals surface area contributed by atoms with Crippen molar-refractivity contribution in [3.05, 3.63) is 218 Å². The van der Waals surface area contributed by atoms with Crippen molar-refractivity contribution in [1.29, 1.82) is 0 Å². The summed E-state index contributed by atoms with van der Waals surface area (Å²) < 4.78 is 11.3. The maximum absolute atomic E-state index is 6.42. The second kappa shape index (κ2) is 12.8. The van der Waals surface area contributed by atoms with Crippen LogP contribution in [0.15, 0.2) is 223 Å². The molecule has 0 bridgehead atoms. The van der Waals surface area contributed by atoms with E-state index in [0.717, 1.165) is 33.3 Å². The van der Waals surface area contributed by atoms with E-state index >= 15 is 0 Å². The van der Waals surface area contributed by atoms with Crippen molar-refractivity contribution in [2.45, 2.75) is 0 Å². The lowest BCUT2D eigenvalue weighted by atomic mass is 10.1. The summed E-state index contributed by atoms with van der Waals surface area (Å²) in [6.07, 6.45) is 0. The van der Waals surface area contributed by atoms with Crippen molar-refractivity contribution in [3.63, 3.8) is 0 Å². The fraction of sp³-hybridized carbons (Fsp3) is 0. The van der Waals surface area contributed by atoms with E-state index in [1.165, 1.54) is 64.4 Å². The molecule has 3 heterocycles. The van der Waals surface area contributed by atoms with E-state index in [-0.39, 0.29) is 0 Å². The second-order valence-corrected chi connectivity index (χ2v) is 19.0. The molecule has 58 heavy (non-hydrogen) atoms. The van der Waals surface area contributed by atoms with Crippen LogP contribution in [0.2, 0.25) is 0 Å². The Bertz CT molecular complexity index is 3390. The smallest absolute Gasteiger partial charge is 0.179 e. The van der Waals surface area contributed by atoms with Crippen LogP contribution in [0.1, 0.15) is 0 Å². The highest BCUT2D eigenvalue weighted by atomic mass is 28.3. The van der Waals surface area contributed by atoms with Gasteiger partial charge in [-0.15, -0.1) is 0 Å². The Kier molecular flexibility index (Phi) is 7.25. The summed E-state index contributed by atoms with van der Waals surface area (Å²) in [4.78, 5) is 0. The van der Waals surface area contributed by atoms with E-state index in [9.17, 15) is 0 Å². The Balaban J connectivity index is 1.09. The Morgan fingerprint density at radius 1 is 0.293 bits per heavy atom. The highest BCUT2D eigenvalue weighted by Crippen LogP contribution is 2.40.